The Bertz CT molecular complexity index is 1090. The minimum Gasteiger partial charge on any atom is -0.493 e. The number of nitrogens with one attached hydrogen (secondary N) is 2. The number of rotatable bonds is 9. The van der Waals surface area contributed by atoms with Crippen molar-refractivity contribution in [1.82, 2.24) is 15.2 Å². The summed E-state index contributed by atoms with van der Waals surface area (Å²) in [5, 5.41) is 14.9. The third-order valence-electron chi connectivity index (χ3n) is 5.97. The molecular weight excluding hydrogens is 448 g/mol. The Balaban J connectivity index is 1.30. The summed E-state index contributed by atoms with van der Waals surface area (Å²) in [6.45, 7) is 2.09. The third kappa shape index (κ3) is 5.89. The average Bonchev–Trinajstić information content (AvgIpc) is 2.92. The lowest BCUT2D eigenvalue weighted by Gasteiger charge is -2.31. The first-order chi connectivity index (χ1) is 17.1. The van der Waals surface area contributed by atoms with Crippen molar-refractivity contribution in [2.24, 2.45) is 5.92 Å². The Morgan fingerprint density at radius 2 is 1.77 bits per heavy atom. The molecule has 0 bridgehead atoms. The zero-order valence-corrected chi connectivity index (χ0v) is 20.2. The standard InChI is InChI=1S/C25H30N6O4/c1-33-20-13-19(14-21(34-2)24(20)35-3)28-25(32)18-8-11-31(12-9-18)23-7-6-22(29-30-23)27-16-17-5-4-10-26-15-17/h4-7,10,13-15,18H,8-9,11-12,16H2,1-3H3,(H,27,29)(H,28,32). The Labute approximate surface area is 204 Å². The van der Waals surface area contributed by atoms with E-state index in [1.807, 2.05) is 30.5 Å². The van der Waals surface area contributed by atoms with Gasteiger partial charge in [-0.25, -0.2) is 0 Å². The van der Waals surface area contributed by atoms with Gasteiger partial charge in [0.1, 0.15) is 5.82 Å². The van der Waals surface area contributed by atoms with Gasteiger partial charge in [0.25, 0.3) is 0 Å². The molecule has 35 heavy (non-hydrogen) atoms. The van der Waals surface area contributed by atoms with E-state index in [4.69, 9.17) is 14.2 Å². The summed E-state index contributed by atoms with van der Waals surface area (Å²) in [5.74, 6) is 2.86. The molecule has 1 aliphatic heterocycles. The van der Waals surface area contributed by atoms with Crippen LogP contribution in [0.4, 0.5) is 17.3 Å². The SMILES string of the molecule is COc1cc(NC(=O)C2CCN(c3ccc(NCc4cccnc4)nn3)CC2)cc(OC)c1OC. The van der Waals surface area contributed by atoms with Crippen molar-refractivity contribution in [3.63, 3.8) is 0 Å². The second-order valence-corrected chi connectivity index (χ2v) is 8.16. The fourth-order valence-electron chi connectivity index (χ4n) is 4.05. The van der Waals surface area contributed by atoms with Crippen molar-refractivity contribution >= 4 is 23.2 Å². The van der Waals surface area contributed by atoms with Gasteiger partial charge in [-0.05, 0) is 36.6 Å². The van der Waals surface area contributed by atoms with Crippen LogP contribution < -0.4 is 29.7 Å². The summed E-state index contributed by atoms with van der Waals surface area (Å²) in [6.07, 6.45) is 5.01. The molecule has 1 amide bonds. The molecular formula is C25H30N6O4. The number of piperidine rings is 1. The number of pyridine rings is 1. The average molecular weight is 479 g/mol. The van der Waals surface area contributed by atoms with E-state index in [0.717, 1.165) is 37.3 Å². The van der Waals surface area contributed by atoms with E-state index in [9.17, 15) is 4.79 Å². The van der Waals surface area contributed by atoms with Crippen LogP contribution in [-0.2, 0) is 11.3 Å². The monoisotopic (exact) mass is 478 g/mol. The van der Waals surface area contributed by atoms with Crippen LogP contribution in [0.2, 0.25) is 0 Å². The minimum atomic E-state index is -0.0984. The van der Waals surface area contributed by atoms with E-state index < -0.39 is 0 Å². The Hall–Kier alpha value is -4.08. The predicted molar refractivity (Wildman–Crippen MR) is 133 cm³/mol. The molecule has 10 nitrogen and oxygen atoms in total. The van der Waals surface area contributed by atoms with Crippen molar-refractivity contribution in [3.8, 4) is 17.2 Å². The van der Waals surface area contributed by atoms with Crippen LogP contribution in [0, 0.1) is 5.92 Å². The largest absolute Gasteiger partial charge is 0.493 e. The van der Waals surface area contributed by atoms with Crippen LogP contribution in [0.5, 0.6) is 17.2 Å². The smallest absolute Gasteiger partial charge is 0.227 e. The minimum absolute atomic E-state index is 0.0278. The molecule has 0 atom stereocenters. The van der Waals surface area contributed by atoms with Crippen molar-refractivity contribution < 1.29 is 19.0 Å². The number of amides is 1. The molecule has 3 heterocycles. The molecule has 0 unspecified atom stereocenters. The van der Waals surface area contributed by atoms with Gasteiger partial charge >= 0.3 is 0 Å². The highest BCUT2D eigenvalue weighted by atomic mass is 16.5. The second kappa shape index (κ2) is 11.4. The van der Waals surface area contributed by atoms with Crippen molar-refractivity contribution in [2.75, 3.05) is 50.0 Å². The zero-order valence-electron chi connectivity index (χ0n) is 20.2. The highest BCUT2D eigenvalue weighted by molar-refractivity contribution is 5.93. The van der Waals surface area contributed by atoms with Crippen molar-refractivity contribution in [1.29, 1.82) is 0 Å². The lowest BCUT2D eigenvalue weighted by Crippen LogP contribution is -2.38. The summed E-state index contributed by atoms with van der Waals surface area (Å²) >= 11 is 0. The maximum Gasteiger partial charge on any atom is 0.227 e. The number of aromatic nitrogens is 3. The van der Waals surface area contributed by atoms with Gasteiger partial charge in [-0.15, -0.1) is 10.2 Å². The first-order valence-electron chi connectivity index (χ1n) is 11.4. The molecule has 1 aromatic carbocycles. The van der Waals surface area contributed by atoms with Gasteiger partial charge in [0.15, 0.2) is 17.3 Å². The fourth-order valence-corrected chi connectivity index (χ4v) is 4.05. The van der Waals surface area contributed by atoms with E-state index in [2.05, 4.69) is 30.7 Å². The number of anilines is 3. The van der Waals surface area contributed by atoms with Gasteiger partial charge < -0.3 is 29.7 Å². The molecule has 0 saturated carbocycles. The fraction of sp³-hybridized carbons (Fsp3) is 0.360. The van der Waals surface area contributed by atoms with E-state index in [-0.39, 0.29) is 11.8 Å². The molecule has 184 valence electrons. The number of carbonyl (C=O) groups excluding carboxylic acids is 1. The summed E-state index contributed by atoms with van der Waals surface area (Å²) in [6, 6.07) is 11.2. The van der Waals surface area contributed by atoms with Crippen LogP contribution >= 0.6 is 0 Å². The number of carbonyl (C=O) groups is 1. The summed E-state index contributed by atoms with van der Waals surface area (Å²) in [4.78, 5) is 19.2. The maximum atomic E-state index is 12.9. The van der Waals surface area contributed by atoms with E-state index in [1.165, 1.54) is 0 Å². The molecule has 1 saturated heterocycles. The van der Waals surface area contributed by atoms with E-state index >= 15 is 0 Å². The quantitative estimate of drug-likeness (QED) is 0.478. The first kappa shape index (κ1) is 24.1. The second-order valence-electron chi connectivity index (χ2n) is 8.16. The van der Waals surface area contributed by atoms with Gasteiger partial charge in [-0.2, -0.15) is 0 Å². The topological polar surface area (TPSA) is 111 Å². The van der Waals surface area contributed by atoms with E-state index in [1.54, 1.807) is 39.7 Å². The molecule has 1 aliphatic rings. The van der Waals surface area contributed by atoms with Gasteiger partial charge in [0, 0.05) is 55.8 Å². The number of methoxy groups -OCH3 is 3. The summed E-state index contributed by atoms with van der Waals surface area (Å²) in [7, 11) is 4.64. The van der Waals surface area contributed by atoms with Crippen LogP contribution in [-0.4, -0.2) is 55.5 Å². The number of benzene rings is 1. The third-order valence-corrected chi connectivity index (χ3v) is 5.97. The molecule has 3 aromatic rings. The molecule has 10 heteroatoms. The highest BCUT2D eigenvalue weighted by Crippen LogP contribution is 2.40. The van der Waals surface area contributed by atoms with Crippen LogP contribution in [0.15, 0.2) is 48.8 Å². The van der Waals surface area contributed by atoms with Gasteiger partial charge in [0.05, 0.1) is 21.3 Å². The maximum absolute atomic E-state index is 12.9. The molecule has 1 fully saturated rings. The van der Waals surface area contributed by atoms with Crippen LogP contribution in [0.25, 0.3) is 0 Å². The Morgan fingerprint density at radius 1 is 1.03 bits per heavy atom. The normalized spacial score (nSPS) is 13.7. The Morgan fingerprint density at radius 3 is 2.34 bits per heavy atom. The van der Waals surface area contributed by atoms with E-state index in [0.29, 0.717) is 35.3 Å². The molecule has 4 rings (SSSR count). The molecule has 2 N–H and O–H groups in total. The molecule has 0 aliphatic carbocycles. The van der Waals surface area contributed by atoms with Crippen LogP contribution in [0.1, 0.15) is 18.4 Å². The Kier molecular flexibility index (Phi) is 7.81. The molecule has 0 spiro atoms. The highest BCUT2D eigenvalue weighted by Gasteiger charge is 2.26. The van der Waals surface area contributed by atoms with Crippen molar-refractivity contribution in [3.05, 3.63) is 54.4 Å². The molecule has 0 radical (unpaired) electrons. The number of hydrogen-bond acceptors (Lipinski definition) is 9. The van der Waals surface area contributed by atoms with Gasteiger partial charge in [-0.1, -0.05) is 6.07 Å². The number of nitrogens with zero attached hydrogens (tertiary/aromatic N) is 4. The number of ether oxygens (including phenoxy) is 3. The van der Waals surface area contributed by atoms with Gasteiger partial charge in [-0.3, -0.25) is 9.78 Å². The predicted octanol–water partition coefficient (Wildman–Crippen LogP) is 3.36. The van der Waals surface area contributed by atoms with Crippen LogP contribution in [0.3, 0.4) is 0 Å². The number of hydrogen-bond donors (Lipinski definition) is 2. The lowest BCUT2D eigenvalue weighted by molar-refractivity contribution is -0.120. The van der Waals surface area contributed by atoms with Crippen molar-refractivity contribution in [2.45, 2.75) is 19.4 Å². The molecule has 2 aromatic heterocycles. The van der Waals surface area contributed by atoms with Gasteiger partial charge in [0.2, 0.25) is 11.7 Å². The summed E-state index contributed by atoms with van der Waals surface area (Å²) in [5.41, 5.74) is 1.68. The summed E-state index contributed by atoms with van der Waals surface area (Å²) < 4.78 is 16.1. The first-order valence-corrected chi connectivity index (χ1v) is 11.4. The lowest BCUT2D eigenvalue weighted by atomic mass is 9.95. The zero-order chi connectivity index (χ0) is 24.6.